The van der Waals surface area contributed by atoms with Crippen molar-refractivity contribution in [1.82, 2.24) is 4.31 Å². The second-order valence-corrected chi connectivity index (χ2v) is 9.10. The van der Waals surface area contributed by atoms with E-state index in [9.17, 15) is 17.6 Å². The third-order valence-electron chi connectivity index (χ3n) is 3.90. The lowest BCUT2D eigenvalue weighted by Crippen LogP contribution is -2.35. The highest BCUT2D eigenvalue weighted by atomic mass is 32.2. The SMILES string of the molecule is CN(CC(=O)Nc1ccccc1C(C)(C)C)S(=O)(=O)c1ccc(F)cc1. The summed E-state index contributed by atoms with van der Waals surface area (Å²) in [5.74, 6) is -0.974. The molecule has 0 radical (unpaired) electrons. The van der Waals surface area contributed by atoms with E-state index >= 15 is 0 Å². The molecule has 0 unspecified atom stereocenters. The zero-order valence-electron chi connectivity index (χ0n) is 15.3. The van der Waals surface area contributed by atoms with Gasteiger partial charge in [-0.1, -0.05) is 39.0 Å². The molecule has 0 heterocycles. The van der Waals surface area contributed by atoms with Gasteiger partial charge in [-0.25, -0.2) is 12.8 Å². The van der Waals surface area contributed by atoms with Crippen LogP contribution in [0.2, 0.25) is 0 Å². The van der Waals surface area contributed by atoms with Crippen LogP contribution in [0.5, 0.6) is 0 Å². The minimum atomic E-state index is -3.88. The van der Waals surface area contributed by atoms with Gasteiger partial charge in [-0.2, -0.15) is 4.31 Å². The van der Waals surface area contributed by atoms with E-state index in [1.807, 2.05) is 39.0 Å². The minimum Gasteiger partial charge on any atom is -0.325 e. The highest BCUT2D eigenvalue weighted by molar-refractivity contribution is 7.89. The maximum absolute atomic E-state index is 13.0. The van der Waals surface area contributed by atoms with Crippen molar-refractivity contribution in [3.63, 3.8) is 0 Å². The van der Waals surface area contributed by atoms with Crippen LogP contribution in [0.15, 0.2) is 53.4 Å². The first-order valence-electron chi connectivity index (χ1n) is 8.13. The van der Waals surface area contributed by atoms with E-state index in [0.29, 0.717) is 5.69 Å². The molecule has 0 saturated heterocycles. The summed E-state index contributed by atoms with van der Waals surface area (Å²) in [4.78, 5) is 12.3. The molecule has 140 valence electrons. The van der Waals surface area contributed by atoms with Crippen LogP contribution in [0.3, 0.4) is 0 Å². The summed E-state index contributed by atoms with van der Waals surface area (Å²) >= 11 is 0. The molecule has 2 aromatic carbocycles. The molecule has 2 aromatic rings. The first-order valence-corrected chi connectivity index (χ1v) is 9.57. The van der Waals surface area contributed by atoms with Gasteiger partial charge >= 0.3 is 0 Å². The average Bonchev–Trinajstić information content (AvgIpc) is 2.54. The average molecular weight is 378 g/mol. The molecular formula is C19H23FN2O3S. The lowest BCUT2D eigenvalue weighted by Gasteiger charge is -2.23. The fourth-order valence-electron chi connectivity index (χ4n) is 2.51. The van der Waals surface area contributed by atoms with Crippen LogP contribution < -0.4 is 5.32 Å². The third kappa shape index (κ3) is 4.68. The van der Waals surface area contributed by atoms with Crippen LogP contribution in [0.1, 0.15) is 26.3 Å². The summed E-state index contributed by atoms with van der Waals surface area (Å²) in [5.41, 5.74) is 1.44. The number of benzene rings is 2. The highest BCUT2D eigenvalue weighted by Crippen LogP contribution is 2.29. The van der Waals surface area contributed by atoms with Crippen LogP contribution in [0.25, 0.3) is 0 Å². The van der Waals surface area contributed by atoms with Crippen molar-refractivity contribution in [2.45, 2.75) is 31.1 Å². The van der Waals surface area contributed by atoms with Crippen molar-refractivity contribution in [3.05, 3.63) is 59.9 Å². The fourth-order valence-corrected chi connectivity index (χ4v) is 3.64. The van der Waals surface area contributed by atoms with Gasteiger partial charge in [-0.05, 0) is 41.3 Å². The Kier molecular flexibility index (Phi) is 5.83. The van der Waals surface area contributed by atoms with E-state index in [1.165, 1.54) is 19.2 Å². The number of amides is 1. The van der Waals surface area contributed by atoms with Gasteiger partial charge in [0.2, 0.25) is 15.9 Å². The van der Waals surface area contributed by atoms with Gasteiger partial charge in [0, 0.05) is 12.7 Å². The Morgan fingerprint density at radius 3 is 2.23 bits per heavy atom. The number of hydrogen-bond acceptors (Lipinski definition) is 3. The van der Waals surface area contributed by atoms with Gasteiger partial charge in [-0.15, -0.1) is 0 Å². The van der Waals surface area contributed by atoms with E-state index < -0.39 is 21.7 Å². The Labute approximate surface area is 153 Å². The number of likely N-dealkylation sites (N-methyl/N-ethyl adjacent to an activating group) is 1. The van der Waals surface area contributed by atoms with Gasteiger partial charge in [0.05, 0.1) is 11.4 Å². The first kappa shape index (κ1) is 20.1. The van der Waals surface area contributed by atoms with Gasteiger partial charge in [-0.3, -0.25) is 4.79 Å². The zero-order valence-corrected chi connectivity index (χ0v) is 16.1. The molecule has 1 amide bonds. The number of hydrogen-bond donors (Lipinski definition) is 1. The maximum Gasteiger partial charge on any atom is 0.243 e. The standard InChI is InChI=1S/C19H23FN2O3S/c1-19(2,3)16-7-5-6-8-17(16)21-18(23)13-22(4)26(24,25)15-11-9-14(20)10-12-15/h5-12H,13H2,1-4H3,(H,21,23). The Morgan fingerprint density at radius 1 is 1.08 bits per heavy atom. The Morgan fingerprint density at radius 2 is 1.65 bits per heavy atom. The number of carbonyl (C=O) groups excluding carboxylic acids is 1. The largest absolute Gasteiger partial charge is 0.325 e. The summed E-state index contributed by atoms with van der Waals surface area (Å²) < 4.78 is 38.9. The molecule has 5 nitrogen and oxygen atoms in total. The number of sulfonamides is 1. The normalized spacial score (nSPS) is 12.2. The topological polar surface area (TPSA) is 66.5 Å². The van der Waals surface area contributed by atoms with Crippen LogP contribution in [0.4, 0.5) is 10.1 Å². The van der Waals surface area contributed by atoms with Crippen LogP contribution in [-0.2, 0) is 20.2 Å². The molecule has 0 aliphatic carbocycles. The maximum atomic E-state index is 13.0. The first-order chi connectivity index (χ1) is 12.0. The molecule has 0 atom stereocenters. The van der Waals surface area contributed by atoms with E-state index in [4.69, 9.17) is 0 Å². The number of nitrogens with one attached hydrogen (secondary N) is 1. The van der Waals surface area contributed by atoms with Crippen molar-refractivity contribution < 1.29 is 17.6 Å². The van der Waals surface area contributed by atoms with Crippen molar-refractivity contribution in [1.29, 1.82) is 0 Å². The molecule has 1 N–H and O–H groups in total. The lowest BCUT2D eigenvalue weighted by atomic mass is 9.86. The molecule has 0 aromatic heterocycles. The number of nitrogens with zero attached hydrogens (tertiary/aromatic N) is 1. The molecule has 0 aliphatic rings. The summed E-state index contributed by atoms with van der Waals surface area (Å²) in [5, 5.41) is 2.78. The monoisotopic (exact) mass is 378 g/mol. The van der Waals surface area contributed by atoms with Crippen molar-refractivity contribution in [2.24, 2.45) is 0 Å². The van der Waals surface area contributed by atoms with Crippen LogP contribution in [0, 0.1) is 5.82 Å². The molecule has 0 spiro atoms. The number of anilines is 1. The molecule has 2 rings (SSSR count). The van der Waals surface area contributed by atoms with Gasteiger partial charge < -0.3 is 5.32 Å². The molecule has 0 fully saturated rings. The van der Waals surface area contributed by atoms with Crippen molar-refractivity contribution >= 4 is 21.6 Å². The van der Waals surface area contributed by atoms with E-state index in [0.717, 1.165) is 22.0 Å². The quantitative estimate of drug-likeness (QED) is 0.867. The van der Waals surface area contributed by atoms with E-state index in [2.05, 4.69) is 5.32 Å². The Hall–Kier alpha value is -2.25. The summed E-state index contributed by atoms with van der Waals surface area (Å²) in [7, 11) is -2.56. The smallest absolute Gasteiger partial charge is 0.243 e. The number of rotatable bonds is 5. The lowest BCUT2D eigenvalue weighted by molar-refractivity contribution is -0.116. The van der Waals surface area contributed by atoms with Crippen LogP contribution in [-0.4, -0.2) is 32.2 Å². The summed E-state index contributed by atoms with van der Waals surface area (Å²) in [6, 6.07) is 11.9. The summed E-state index contributed by atoms with van der Waals surface area (Å²) in [6.07, 6.45) is 0. The fraction of sp³-hybridized carbons (Fsp3) is 0.316. The number of halogens is 1. The minimum absolute atomic E-state index is 0.0655. The molecule has 0 bridgehead atoms. The van der Waals surface area contributed by atoms with E-state index in [-0.39, 0.29) is 16.9 Å². The molecule has 26 heavy (non-hydrogen) atoms. The molecular weight excluding hydrogens is 355 g/mol. The molecule has 0 aliphatic heterocycles. The predicted molar refractivity (Wildman–Crippen MR) is 100.0 cm³/mol. The number of carbonyl (C=O) groups is 1. The van der Waals surface area contributed by atoms with Crippen molar-refractivity contribution in [3.8, 4) is 0 Å². The number of para-hydroxylation sites is 1. The Bertz CT molecular complexity index is 888. The predicted octanol–water partition coefficient (Wildman–Crippen LogP) is 3.38. The highest BCUT2D eigenvalue weighted by Gasteiger charge is 2.24. The third-order valence-corrected chi connectivity index (χ3v) is 5.71. The molecule has 7 heteroatoms. The van der Waals surface area contributed by atoms with Gasteiger partial charge in [0.1, 0.15) is 5.82 Å². The molecule has 0 saturated carbocycles. The van der Waals surface area contributed by atoms with E-state index in [1.54, 1.807) is 6.07 Å². The second kappa shape index (κ2) is 7.55. The van der Waals surface area contributed by atoms with Gasteiger partial charge in [0.15, 0.2) is 0 Å². The van der Waals surface area contributed by atoms with Crippen LogP contribution >= 0.6 is 0 Å². The zero-order chi connectivity index (χ0) is 19.5. The van der Waals surface area contributed by atoms with Crippen molar-refractivity contribution in [2.75, 3.05) is 18.9 Å². The summed E-state index contributed by atoms with van der Waals surface area (Å²) in [6.45, 7) is 5.74. The second-order valence-electron chi connectivity index (χ2n) is 7.06. The van der Waals surface area contributed by atoms with Gasteiger partial charge in [0.25, 0.3) is 0 Å². The Balaban J connectivity index is 2.14.